The van der Waals surface area contributed by atoms with Crippen LogP contribution >= 0.6 is 11.6 Å². The summed E-state index contributed by atoms with van der Waals surface area (Å²) >= 11 is 6.35. The van der Waals surface area contributed by atoms with Crippen LogP contribution in [0.5, 0.6) is 5.75 Å². The molecule has 1 aliphatic rings. The van der Waals surface area contributed by atoms with Gasteiger partial charge in [0.05, 0.1) is 18.5 Å². The van der Waals surface area contributed by atoms with Gasteiger partial charge in [-0.05, 0) is 43.5 Å². The zero-order valence-electron chi connectivity index (χ0n) is 9.61. The highest BCUT2D eigenvalue weighted by Gasteiger charge is 2.21. The highest BCUT2D eigenvalue weighted by atomic mass is 35.5. The third-order valence-electron chi connectivity index (χ3n) is 3.16. The first-order valence-corrected chi connectivity index (χ1v) is 6.08. The fourth-order valence-corrected chi connectivity index (χ4v) is 2.59. The predicted octanol–water partition coefficient (Wildman–Crippen LogP) is 3.02. The van der Waals surface area contributed by atoms with Crippen LogP contribution in [0.1, 0.15) is 17.7 Å². The third kappa shape index (κ3) is 1.71. The highest BCUT2D eigenvalue weighted by molar-refractivity contribution is 6.30. The quantitative estimate of drug-likeness (QED) is 0.817. The molecule has 0 bridgehead atoms. The average molecular weight is 249 g/mol. The number of aryl methyl sites for hydroxylation is 1. The van der Waals surface area contributed by atoms with Crippen LogP contribution in [0.15, 0.2) is 24.3 Å². The zero-order valence-corrected chi connectivity index (χ0v) is 10.4. The van der Waals surface area contributed by atoms with Gasteiger partial charge in [0.2, 0.25) is 0 Å². The van der Waals surface area contributed by atoms with Crippen LogP contribution in [0.2, 0.25) is 5.15 Å². The fourth-order valence-electron chi connectivity index (χ4n) is 2.25. The van der Waals surface area contributed by atoms with E-state index in [0.29, 0.717) is 0 Å². The summed E-state index contributed by atoms with van der Waals surface area (Å²) < 4.78 is 6.94. The van der Waals surface area contributed by atoms with E-state index in [-0.39, 0.29) is 0 Å². The van der Waals surface area contributed by atoms with E-state index in [2.05, 4.69) is 5.10 Å². The molecule has 1 aromatic carbocycles. The van der Waals surface area contributed by atoms with Crippen molar-refractivity contribution in [2.75, 3.05) is 7.11 Å². The summed E-state index contributed by atoms with van der Waals surface area (Å²) in [5.74, 6) is 0.838. The molecule has 1 aromatic heterocycles. The number of nitrogens with zero attached hydrogens (tertiary/aromatic N) is 2. The Labute approximate surface area is 105 Å². The molecule has 0 radical (unpaired) electrons. The second-order valence-corrected chi connectivity index (χ2v) is 4.54. The minimum absolute atomic E-state index is 0.752. The molecule has 0 saturated heterocycles. The maximum absolute atomic E-state index is 6.35. The SMILES string of the molecule is COc1ccc(-n2nc3c(c2Cl)CCC3)cc1. The smallest absolute Gasteiger partial charge is 0.136 e. The average Bonchev–Trinajstić information content (AvgIpc) is 2.93. The summed E-state index contributed by atoms with van der Waals surface area (Å²) in [5, 5.41) is 5.31. The van der Waals surface area contributed by atoms with Crippen molar-refractivity contribution in [3.63, 3.8) is 0 Å². The molecule has 88 valence electrons. The Morgan fingerprint density at radius 3 is 2.65 bits per heavy atom. The molecular weight excluding hydrogens is 236 g/mol. The predicted molar refractivity (Wildman–Crippen MR) is 67.2 cm³/mol. The Balaban J connectivity index is 2.03. The van der Waals surface area contributed by atoms with Crippen molar-refractivity contribution in [2.45, 2.75) is 19.3 Å². The van der Waals surface area contributed by atoms with E-state index in [1.54, 1.807) is 7.11 Å². The summed E-state index contributed by atoms with van der Waals surface area (Å²) in [5.41, 5.74) is 3.33. The molecule has 17 heavy (non-hydrogen) atoms. The van der Waals surface area contributed by atoms with Crippen LogP contribution in [-0.2, 0) is 12.8 Å². The van der Waals surface area contributed by atoms with Crippen LogP contribution in [0.25, 0.3) is 5.69 Å². The number of fused-ring (bicyclic) bond motifs is 1. The minimum atomic E-state index is 0.752. The molecule has 0 amide bonds. The number of benzene rings is 1. The summed E-state index contributed by atoms with van der Waals surface area (Å²) in [6, 6.07) is 7.76. The number of ether oxygens (including phenoxy) is 1. The molecule has 2 aromatic rings. The summed E-state index contributed by atoms with van der Waals surface area (Å²) in [4.78, 5) is 0. The number of rotatable bonds is 2. The van der Waals surface area contributed by atoms with Gasteiger partial charge in [-0.1, -0.05) is 11.6 Å². The van der Waals surface area contributed by atoms with E-state index in [1.165, 1.54) is 12.0 Å². The lowest BCUT2D eigenvalue weighted by Gasteiger charge is -2.05. The van der Waals surface area contributed by atoms with Gasteiger partial charge in [-0.2, -0.15) is 5.10 Å². The van der Waals surface area contributed by atoms with Gasteiger partial charge in [-0.3, -0.25) is 0 Å². The van der Waals surface area contributed by atoms with Crippen LogP contribution in [-0.4, -0.2) is 16.9 Å². The summed E-state index contributed by atoms with van der Waals surface area (Å²) in [7, 11) is 1.66. The third-order valence-corrected chi connectivity index (χ3v) is 3.55. The minimum Gasteiger partial charge on any atom is -0.497 e. The van der Waals surface area contributed by atoms with Gasteiger partial charge in [0.25, 0.3) is 0 Å². The van der Waals surface area contributed by atoms with E-state index in [0.717, 1.165) is 35.1 Å². The van der Waals surface area contributed by atoms with Gasteiger partial charge in [0.1, 0.15) is 10.9 Å². The molecule has 3 nitrogen and oxygen atoms in total. The van der Waals surface area contributed by atoms with Crippen molar-refractivity contribution in [1.29, 1.82) is 0 Å². The Morgan fingerprint density at radius 1 is 1.24 bits per heavy atom. The van der Waals surface area contributed by atoms with Crippen LogP contribution in [0.4, 0.5) is 0 Å². The van der Waals surface area contributed by atoms with E-state index in [9.17, 15) is 0 Å². The number of halogens is 1. The van der Waals surface area contributed by atoms with Gasteiger partial charge in [-0.15, -0.1) is 0 Å². The van der Waals surface area contributed by atoms with Gasteiger partial charge in [0.15, 0.2) is 0 Å². The van der Waals surface area contributed by atoms with Gasteiger partial charge < -0.3 is 4.74 Å². The maximum atomic E-state index is 6.35. The monoisotopic (exact) mass is 248 g/mol. The lowest BCUT2D eigenvalue weighted by molar-refractivity contribution is 0.414. The molecule has 0 saturated carbocycles. The Bertz CT molecular complexity index is 545. The molecule has 0 unspecified atom stereocenters. The van der Waals surface area contributed by atoms with Crippen molar-refractivity contribution in [1.82, 2.24) is 9.78 Å². The van der Waals surface area contributed by atoms with E-state index >= 15 is 0 Å². The first-order valence-electron chi connectivity index (χ1n) is 5.70. The topological polar surface area (TPSA) is 27.1 Å². The first kappa shape index (κ1) is 10.7. The standard InChI is InChI=1S/C13H13ClN2O/c1-17-10-7-5-9(6-8-10)16-13(14)11-3-2-4-12(11)15-16/h5-8H,2-4H2,1H3. The van der Waals surface area contributed by atoms with Crippen molar-refractivity contribution >= 4 is 11.6 Å². The van der Waals surface area contributed by atoms with E-state index in [1.807, 2.05) is 28.9 Å². The second-order valence-electron chi connectivity index (χ2n) is 4.18. The lowest BCUT2D eigenvalue weighted by Crippen LogP contribution is -1.98. The number of methoxy groups -OCH3 is 1. The van der Waals surface area contributed by atoms with E-state index < -0.39 is 0 Å². The molecular formula is C13H13ClN2O. The van der Waals surface area contributed by atoms with Crippen molar-refractivity contribution in [3.05, 3.63) is 40.7 Å². The zero-order chi connectivity index (χ0) is 11.8. The van der Waals surface area contributed by atoms with Crippen molar-refractivity contribution in [3.8, 4) is 11.4 Å². The van der Waals surface area contributed by atoms with Crippen molar-refractivity contribution < 1.29 is 4.74 Å². The number of hydrogen-bond acceptors (Lipinski definition) is 2. The molecule has 0 fully saturated rings. The van der Waals surface area contributed by atoms with Crippen LogP contribution in [0, 0.1) is 0 Å². The molecule has 0 atom stereocenters. The molecule has 0 aliphatic heterocycles. The largest absolute Gasteiger partial charge is 0.497 e. The number of aromatic nitrogens is 2. The summed E-state index contributed by atoms with van der Waals surface area (Å²) in [6.07, 6.45) is 3.25. The van der Waals surface area contributed by atoms with Gasteiger partial charge in [-0.25, -0.2) is 4.68 Å². The van der Waals surface area contributed by atoms with Crippen molar-refractivity contribution in [2.24, 2.45) is 0 Å². The molecule has 1 heterocycles. The molecule has 4 heteroatoms. The lowest BCUT2D eigenvalue weighted by atomic mass is 10.3. The maximum Gasteiger partial charge on any atom is 0.136 e. The van der Waals surface area contributed by atoms with Crippen LogP contribution < -0.4 is 4.74 Å². The normalized spacial score (nSPS) is 13.8. The fraction of sp³-hybridized carbons (Fsp3) is 0.308. The summed E-state index contributed by atoms with van der Waals surface area (Å²) in [6.45, 7) is 0. The number of hydrogen-bond donors (Lipinski definition) is 0. The Hall–Kier alpha value is -1.48. The molecule has 0 spiro atoms. The molecule has 3 rings (SSSR count). The Morgan fingerprint density at radius 2 is 2.00 bits per heavy atom. The van der Waals surface area contributed by atoms with E-state index in [4.69, 9.17) is 16.3 Å². The van der Waals surface area contributed by atoms with Crippen LogP contribution in [0.3, 0.4) is 0 Å². The molecule has 0 N–H and O–H groups in total. The molecule has 1 aliphatic carbocycles. The van der Waals surface area contributed by atoms with Gasteiger partial charge in [0, 0.05) is 5.56 Å². The first-order chi connectivity index (χ1) is 8.29. The Kier molecular flexibility index (Phi) is 2.56. The highest BCUT2D eigenvalue weighted by Crippen LogP contribution is 2.30. The van der Waals surface area contributed by atoms with Gasteiger partial charge >= 0.3 is 0 Å². The second kappa shape index (κ2) is 4.08.